The first-order chi connectivity index (χ1) is 11.6. The average Bonchev–Trinajstić information content (AvgIpc) is 2.55. The van der Waals surface area contributed by atoms with E-state index in [9.17, 15) is 0 Å². The fraction of sp³-hybridized carbons (Fsp3) is 0.440. The molecule has 2 aromatic rings. The second-order valence-electron chi connectivity index (χ2n) is 7.64. The molecule has 0 radical (unpaired) electrons. The van der Waals surface area contributed by atoms with Gasteiger partial charge in [-0.15, -0.1) is 0 Å². The van der Waals surface area contributed by atoms with Crippen LogP contribution >= 0.6 is 0 Å². The van der Waals surface area contributed by atoms with Crippen LogP contribution in [0.15, 0.2) is 29.8 Å². The normalized spacial score (nSPS) is 10.2. The van der Waals surface area contributed by atoms with Gasteiger partial charge in [-0.2, -0.15) is 0 Å². The second kappa shape index (κ2) is 9.04. The van der Waals surface area contributed by atoms with Crippen molar-refractivity contribution in [2.75, 3.05) is 0 Å². The molecule has 0 aliphatic heterocycles. The molecule has 25 heavy (non-hydrogen) atoms. The quantitative estimate of drug-likeness (QED) is 0.501. The van der Waals surface area contributed by atoms with Gasteiger partial charge in [0.25, 0.3) is 0 Å². The molecule has 0 saturated heterocycles. The maximum Gasteiger partial charge on any atom is -0.00201 e. The van der Waals surface area contributed by atoms with Crippen LogP contribution in [-0.4, -0.2) is 0 Å². The van der Waals surface area contributed by atoms with Gasteiger partial charge < -0.3 is 0 Å². The summed E-state index contributed by atoms with van der Waals surface area (Å²) in [5.74, 6) is 0. The Bertz CT molecular complexity index is 720. The molecule has 0 aliphatic carbocycles. The SMILES string of the molecule is CC=C(C)C.Cc1cc(C)cc(Cc2c(C)c(C)c(C)c(C)c2C)c1. The molecule has 0 unspecified atom stereocenters. The minimum atomic E-state index is 1.04. The topological polar surface area (TPSA) is 0 Å². The van der Waals surface area contributed by atoms with Crippen LogP contribution in [0.1, 0.15) is 70.8 Å². The molecule has 0 heteroatoms. The number of benzene rings is 2. The monoisotopic (exact) mass is 336 g/mol. The van der Waals surface area contributed by atoms with Crippen LogP contribution in [0.5, 0.6) is 0 Å². The summed E-state index contributed by atoms with van der Waals surface area (Å²) in [5, 5.41) is 0. The molecular weight excluding hydrogens is 300 g/mol. The minimum Gasteiger partial charge on any atom is -0.0890 e. The predicted molar refractivity (Wildman–Crippen MR) is 114 cm³/mol. The van der Waals surface area contributed by atoms with E-state index >= 15 is 0 Å². The molecule has 0 aromatic heterocycles. The maximum absolute atomic E-state index is 2.32. The van der Waals surface area contributed by atoms with Gasteiger partial charge in [-0.25, -0.2) is 0 Å². The van der Waals surface area contributed by atoms with E-state index in [0.29, 0.717) is 0 Å². The Kier molecular flexibility index (Phi) is 7.67. The lowest BCUT2D eigenvalue weighted by Crippen LogP contribution is -2.04. The Balaban J connectivity index is 0.000000550. The highest BCUT2D eigenvalue weighted by Crippen LogP contribution is 2.28. The van der Waals surface area contributed by atoms with E-state index in [1.165, 1.54) is 55.6 Å². The van der Waals surface area contributed by atoms with Crippen LogP contribution in [-0.2, 0) is 6.42 Å². The van der Waals surface area contributed by atoms with E-state index in [1.54, 1.807) is 0 Å². The Morgan fingerprint density at radius 3 is 1.40 bits per heavy atom. The third-order valence-electron chi connectivity index (χ3n) is 5.40. The summed E-state index contributed by atoms with van der Waals surface area (Å²) in [6.45, 7) is 21.9. The standard InChI is InChI=1S/C20H26.C5H10/c1-12-8-13(2)10-19(9-12)11-20-17(6)15(4)14(3)16(5)18(20)7;1-4-5(2)3/h8-10H,11H2,1-7H3;4H,1-3H3. The third-order valence-corrected chi connectivity index (χ3v) is 5.40. The largest absolute Gasteiger partial charge is 0.0890 e. The van der Waals surface area contributed by atoms with Gasteiger partial charge in [0, 0.05) is 0 Å². The molecule has 0 amide bonds. The van der Waals surface area contributed by atoms with Gasteiger partial charge in [0.1, 0.15) is 0 Å². The zero-order valence-electron chi connectivity index (χ0n) is 18.0. The highest BCUT2D eigenvalue weighted by atomic mass is 14.2. The Morgan fingerprint density at radius 2 is 1.04 bits per heavy atom. The zero-order chi connectivity index (χ0) is 19.3. The van der Waals surface area contributed by atoms with Gasteiger partial charge in [0.2, 0.25) is 0 Å². The second-order valence-corrected chi connectivity index (χ2v) is 7.64. The summed E-state index contributed by atoms with van der Waals surface area (Å²) >= 11 is 0. The molecule has 0 fully saturated rings. The minimum absolute atomic E-state index is 1.04. The van der Waals surface area contributed by atoms with E-state index in [2.05, 4.69) is 86.6 Å². The maximum atomic E-state index is 2.32. The van der Waals surface area contributed by atoms with E-state index < -0.39 is 0 Å². The van der Waals surface area contributed by atoms with Crippen molar-refractivity contribution >= 4 is 0 Å². The van der Waals surface area contributed by atoms with Crippen LogP contribution in [0.25, 0.3) is 0 Å². The molecule has 0 saturated carbocycles. The lowest BCUT2D eigenvalue weighted by Gasteiger charge is -2.19. The third kappa shape index (κ3) is 5.59. The highest BCUT2D eigenvalue weighted by Gasteiger charge is 2.12. The highest BCUT2D eigenvalue weighted by molar-refractivity contribution is 5.51. The molecule has 2 rings (SSSR count). The fourth-order valence-corrected chi connectivity index (χ4v) is 3.22. The van der Waals surface area contributed by atoms with Crippen molar-refractivity contribution in [3.8, 4) is 0 Å². The molecular formula is C25H36. The summed E-state index contributed by atoms with van der Waals surface area (Å²) in [6.07, 6.45) is 3.13. The van der Waals surface area contributed by atoms with Crippen molar-refractivity contribution in [2.45, 2.75) is 75.7 Å². The lowest BCUT2D eigenvalue weighted by atomic mass is 9.86. The molecule has 0 atom stereocenters. The fourth-order valence-electron chi connectivity index (χ4n) is 3.22. The Labute approximate surface area is 156 Å². The van der Waals surface area contributed by atoms with Gasteiger partial charge in [0.15, 0.2) is 0 Å². The summed E-state index contributed by atoms with van der Waals surface area (Å²) < 4.78 is 0. The molecule has 0 N–H and O–H groups in total. The van der Waals surface area contributed by atoms with E-state index in [0.717, 1.165) is 6.42 Å². The summed E-state index contributed by atoms with van der Waals surface area (Å²) in [7, 11) is 0. The zero-order valence-corrected chi connectivity index (χ0v) is 18.0. The van der Waals surface area contributed by atoms with Crippen LogP contribution in [0.3, 0.4) is 0 Å². The summed E-state index contributed by atoms with van der Waals surface area (Å²) in [4.78, 5) is 0. The van der Waals surface area contributed by atoms with E-state index in [-0.39, 0.29) is 0 Å². The smallest absolute Gasteiger partial charge is 0.00201 e. The predicted octanol–water partition coefficient (Wildman–Crippen LogP) is 7.41. The van der Waals surface area contributed by atoms with Crippen molar-refractivity contribution in [3.63, 3.8) is 0 Å². The van der Waals surface area contributed by atoms with Crippen molar-refractivity contribution in [1.29, 1.82) is 0 Å². The summed E-state index contributed by atoms with van der Waals surface area (Å²) in [5.41, 5.74) is 14.3. The summed E-state index contributed by atoms with van der Waals surface area (Å²) in [6, 6.07) is 6.88. The van der Waals surface area contributed by atoms with Gasteiger partial charge in [-0.3, -0.25) is 0 Å². The van der Waals surface area contributed by atoms with Gasteiger partial charge in [-0.05, 0) is 115 Å². The molecule has 0 heterocycles. The van der Waals surface area contributed by atoms with Crippen LogP contribution < -0.4 is 0 Å². The molecule has 2 aromatic carbocycles. The van der Waals surface area contributed by atoms with Crippen molar-refractivity contribution in [3.05, 3.63) is 79.9 Å². The van der Waals surface area contributed by atoms with Crippen LogP contribution in [0.2, 0.25) is 0 Å². The van der Waals surface area contributed by atoms with Gasteiger partial charge >= 0.3 is 0 Å². The van der Waals surface area contributed by atoms with E-state index in [1.807, 2.05) is 6.92 Å². The first-order valence-corrected chi connectivity index (χ1v) is 9.31. The van der Waals surface area contributed by atoms with E-state index in [4.69, 9.17) is 0 Å². The average molecular weight is 337 g/mol. The van der Waals surface area contributed by atoms with Gasteiger partial charge in [0.05, 0.1) is 0 Å². The molecule has 0 spiro atoms. The molecule has 0 aliphatic rings. The number of hydrogen-bond donors (Lipinski definition) is 0. The molecule has 0 nitrogen and oxygen atoms in total. The first-order valence-electron chi connectivity index (χ1n) is 9.31. The van der Waals surface area contributed by atoms with Crippen molar-refractivity contribution < 1.29 is 0 Å². The first kappa shape index (κ1) is 21.2. The number of hydrogen-bond acceptors (Lipinski definition) is 0. The molecule has 0 bridgehead atoms. The molecule has 136 valence electrons. The Hall–Kier alpha value is -1.82. The lowest BCUT2D eigenvalue weighted by molar-refractivity contribution is 1.06. The van der Waals surface area contributed by atoms with Crippen LogP contribution in [0.4, 0.5) is 0 Å². The number of aryl methyl sites for hydroxylation is 2. The van der Waals surface area contributed by atoms with Crippen LogP contribution in [0, 0.1) is 48.5 Å². The van der Waals surface area contributed by atoms with Crippen molar-refractivity contribution in [2.24, 2.45) is 0 Å². The Morgan fingerprint density at radius 1 is 0.680 bits per heavy atom. The number of allylic oxidation sites excluding steroid dienone is 2. The number of rotatable bonds is 2. The van der Waals surface area contributed by atoms with Crippen molar-refractivity contribution in [1.82, 2.24) is 0 Å². The van der Waals surface area contributed by atoms with Gasteiger partial charge in [-0.1, -0.05) is 41.0 Å².